The Balaban J connectivity index is 2.25. The minimum Gasteiger partial charge on any atom is -0.395 e. The van der Waals surface area contributed by atoms with Crippen molar-refractivity contribution in [1.29, 1.82) is 0 Å². The molecule has 1 aromatic carbocycles. The molecule has 0 radical (unpaired) electrons. The molecule has 0 fully saturated rings. The Morgan fingerprint density at radius 1 is 1.21 bits per heavy atom. The van der Waals surface area contributed by atoms with E-state index in [1.54, 1.807) is 6.07 Å². The number of fused-ring (bicyclic) bond motifs is 1. The summed E-state index contributed by atoms with van der Waals surface area (Å²) in [7, 11) is 0. The van der Waals surface area contributed by atoms with Crippen molar-refractivity contribution in [3.8, 4) is 11.5 Å². The number of hydrogen-bond donors (Lipinski definition) is 2. The Labute approximate surface area is 110 Å². The van der Waals surface area contributed by atoms with E-state index in [-0.39, 0.29) is 11.5 Å². The Hall–Kier alpha value is -1.40. The van der Waals surface area contributed by atoms with Gasteiger partial charge in [0.2, 0.25) is 0 Å². The van der Waals surface area contributed by atoms with E-state index in [0.717, 1.165) is 0 Å². The lowest BCUT2D eigenvalue weighted by molar-refractivity contribution is -0.286. The number of alkyl halides is 2. The first-order valence-corrected chi connectivity index (χ1v) is 5.93. The van der Waals surface area contributed by atoms with E-state index in [1.807, 2.05) is 20.8 Å². The largest absolute Gasteiger partial charge is 0.586 e. The van der Waals surface area contributed by atoms with Gasteiger partial charge in [0.15, 0.2) is 11.5 Å². The molecule has 1 aliphatic heterocycles. The fourth-order valence-electron chi connectivity index (χ4n) is 1.89. The number of aliphatic hydroxyl groups excluding tert-OH is 1. The van der Waals surface area contributed by atoms with Gasteiger partial charge >= 0.3 is 6.29 Å². The lowest BCUT2D eigenvalue weighted by Crippen LogP contribution is -2.36. The lowest BCUT2D eigenvalue weighted by atomic mass is 9.82. The van der Waals surface area contributed by atoms with Gasteiger partial charge in [-0.05, 0) is 23.1 Å². The van der Waals surface area contributed by atoms with Crippen molar-refractivity contribution in [3.05, 3.63) is 23.8 Å². The van der Waals surface area contributed by atoms with Crippen molar-refractivity contribution in [2.45, 2.75) is 39.2 Å². The van der Waals surface area contributed by atoms with Gasteiger partial charge in [-0.3, -0.25) is 0 Å². The van der Waals surface area contributed by atoms with E-state index >= 15 is 0 Å². The van der Waals surface area contributed by atoms with Gasteiger partial charge in [0.1, 0.15) is 0 Å². The Morgan fingerprint density at radius 3 is 2.37 bits per heavy atom. The fraction of sp³-hybridized carbons (Fsp3) is 0.538. The maximum Gasteiger partial charge on any atom is 0.586 e. The normalized spacial score (nSPS) is 20.2. The number of rotatable bonds is 2. The molecule has 2 atom stereocenters. The summed E-state index contributed by atoms with van der Waals surface area (Å²) >= 11 is 0. The van der Waals surface area contributed by atoms with Crippen LogP contribution in [0.1, 0.15) is 32.4 Å². The highest BCUT2D eigenvalue weighted by Gasteiger charge is 2.43. The highest BCUT2D eigenvalue weighted by atomic mass is 19.3. The Kier molecular flexibility index (Phi) is 3.18. The average Bonchev–Trinajstić information content (AvgIpc) is 2.58. The quantitative estimate of drug-likeness (QED) is 0.868. The maximum atomic E-state index is 12.9. The van der Waals surface area contributed by atoms with E-state index in [2.05, 4.69) is 9.47 Å². The molecule has 1 aliphatic rings. The maximum absolute atomic E-state index is 12.9. The molecular formula is C13H17F2NO3. The summed E-state index contributed by atoms with van der Waals surface area (Å²) in [5.74, 6) is -0.106. The van der Waals surface area contributed by atoms with Crippen LogP contribution in [0.2, 0.25) is 0 Å². The van der Waals surface area contributed by atoms with Gasteiger partial charge < -0.3 is 20.3 Å². The van der Waals surface area contributed by atoms with Crippen LogP contribution in [0, 0.1) is 5.41 Å². The van der Waals surface area contributed by atoms with E-state index in [4.69, 9.17) is 5.73 Å². The summed E-state index contributed by atoms with van der Waals surface area (Å²) in [6, 6.07) is 3.59. The van der Waals surface area contributed by atoms with E-state index in [0.29, 0.717) is 5.56 Å². The predicted octanol–water partition coefficient (Wildman–Crippen LogP) is 2.41. The summed E-state index contributed by atoms with van der Waals surface area (Å²) < 4.78 is 34.4. The van der Waals surface area contributed by atoms with Crippen LogP contribution in [0.4, 0.5) is 8.78 Å². The second-order valence-corrected chi connectivity index (χ2v) is 5.71. The Morgan fingerprint density at radius 2 is 1.79 bits per heavy atom. The molecule has 4 nitrogen and oxygen atoms in total. The zero-order valence-corrected chi connectivity index (χ0v) is 11.0. The molecule has 0 spiro atoms. The molecule has 106 valence electrons. The van der Waals surface area contributed by atoms with Crippen molar-refractivity contribution in [2.24, 2.45) is 11.1 Å². The number of aliphatic hydroxyl groups is 1. The van der Waals surface area contributed by atoms with Crippen LogP contribution in [-0.4, -0.2) is 17.5 Å². The topological polar surface area (TPSA) is 64.7 Å². The van der Waals surface area contributed by atoms with E-state index < -0.39 is 23.9 Å². The highest BCUT2D eigenvalue weighted by molar-refractivity contribution is 5.46. The third kappa shape index (κ3) is 2.79. The van der Waals surface area contributed by atoms with E-state index in [9.17, 15) is 13.9 Å². The minimum absolute atomic E-state index is 0.0359. The summed E-state index contributed by atoms with van der Waals surface area (Å²) in [6.45, 7) is 5.54. The minimum atomic E-state index is -3.65. The molecule has 0 saturated heterocycles. The van der Waals surface area contributed by atoms with Gasteiger partial charge in [-0.1, -0.05) is 26.8 Å². The second kappa shape index (κ2) is 4.31. The van der Waals surface area contributed by atoms with Crippen LogP contribution >= 0.6 is 0 Å². The van der Waals surface area contributed by atoms with Crippen LogP contribution < -0.4 is 15.2 Å². The molecule has 0 aliphatic carbocycles. The van der Waals surface area contributed by atoms with Gasteiger partial charge in [-0.2, -0.15) is 0 Å². The number of halogens is 2. The molecule has 2 rings (SSSR count). The van der Waals surface area contributed by atoms with Gasteiger partial charge in [-0.25, -0.2) is 0 Å². The first-order chi connectivity index (χ1) is 8.60. The molecule has 3 N–H and O–H groups in total. The van der Waals surface area contributed by atoms with Gasteiger partial charge in [0.05, 0.1) is 12.1 Å². The van der Waals surface area contributed by atoms with Gasteiger partial charge in [0.25, 0.3) is 0 Å². The Bertz CT molecular complexity index is 485. The monoisotopic (exact) mass is 273 g/mol. The third-order valence-electron chi connectivity index (χ3n) is 3.04. The average molecular weight is 273 g/mol. The summed E-state index contributed by atoms with van der Waals surface area (Å²) in [4.78, 5) is 0. The molecular weight excluding hydrogens is 256 g/mol. The van der Waals surface area contributed by atoms with Crippen LogP contribution in [0.25, 0.3) is 0 Å². The highest BCUT2D eigenvalue weighted by Crippen LogP contribution is 2.42. The SMILES string of the molecule is CC(C)(C)[C@@H](O)[C@@H](N)c1ccc2c(c1)OC(F)(F)O2. The molecule has 1 aromatic rings. The standard InChI is InChI=1S/C13H17F2NO3/c1-12(2,3)11(17)10(16)7-4-5-8-9(6-7)19-13(14,15)18-8/h4-6,10-11,17H,16H2,1-3H3/t10-,11-/m0/s1. The van der Waals surface area contributed by atoms with Crippen molar-refractivity contribution < 1.29 is 23.4 Å². The summed E-state index contributed by atoms with van der Waals surface area (Å²) in [5, 5.41) is 10.1. The fourth-order valence-corrected chi connectivity index (χ4v) is 1.89. The molecule has 0 unspecified atom stereocenters. The molecule has 19 heavy (non-hydrogen) atoms. The molecule has 0 saturated carbocycles. The number of nitrogens with two attached hydrogens (primary N) is 1. The van der Waals surface area contributed by atoms with Gasteiger partial charge in [0, 0.05) is 0 Å². The summed E-state index contributed by atoms with van der Waals surface area (Å²) in [6.07, 6.45) is -4.46. The third-order valence-corrected chi connectivity index (χ3v) is 3.04. The first-order valence-electron chi connectivity index (χ1n) is 5.93. The molecule has 1 heterocycles. The molecule has 0 aromatic heterocycles. The van der Waals surface area contributed by atoms with Crippen molar-refractivity contribution in [3.63, 3.8) is 0 Å². The zero-order chi connectivity index (χ0) is 14.4. The molecule has 0 bridgehead atoms. The number of ether oxygens (including phenoxy) is 2. The predicted molar refractivity (Wildman–Crippen MR) is 65.0 cm³/mol. The molecule has 0 amide bonds. The number of hydrogen-bond acceptors (Lipinski definition) is 4. The van der Waals surface area contributed by atoms with Crippen molar-refractivity contribution in [2.75, 3.05) is 0 Å². The first kappa shape index (κ1) is 14.0. The molecule has 6 heteroatoms. The smallest absolute Gasteiger partial charge is 0.395 e. The van der Waals surface area contributed by atoms with Crippen molar-refractivity contribution in [1.82, 2.24) is 0 Å². The van der Waals surface area contributed by atoms with Crippen LogP contribution in [0.5, 0.6) is 11.5 Å². The van der Waals surface area contributed by atoms with Crippen LogP contribution in [0.15, 0.2) is 18.2 Å². The zero-order valence-electron chi connectivity index (χ0n) is 11.0. The van der Waals surface area contributed by atoms with Crippen LogP contribution in [-0.2, 0) is 0 Å². The van der Waals surface area contributed by atoms with Gasteiger partial charge in [-0.15, -0.1) is 8.78 Å². The van der Waals surface area contributed by atoms with E-state index in [1.165, 1.54) is 12.1 Å². The summed E-state index contributed by atoms with van der Waals surface area (Å²) in [5.41, 5.74) is 6.05. The van der Waals surface area contributed by atoms with Crippen LogP contribution in [0.3, 0.4) is 0 Å². The lowest BCUT2D eigenvalue weighted by Gasteiger charge is -2.31. The second-order valence-electron chi connectivity index (χ2n) is 5.71. The number of benzene rings is 1. The van der Waals surface area contributed by atoms with Crippen molar-refractivity contribution >= 4 is 0 Å².